The summed E-state index contributed by atoms with van der Waals surface area (Å²) in [6, 6.07) is 14.0. The van der Waals surface area contributed by atoms with E-state index in [0.29, 0.717) is 13.0 Å². The summed E-state index contributed by atoms with van der Waals surface area (Å²) >= 11 is 0. The molecule has 0 heterocycles. The summed E-state index contributed by atoms with van der Waals surface area (Å²) < 4.78 is 10.6. The molecule has 0 unspecified atom stereocenters. The molecule has 0 fully saturated rings. The van der Waals surface area contributed by atoms with E-state index >= 15 is 0 Å². The van der Waals surface area contributed by atoms with E-state index in [9.17, 15) is 4.79 Å². The SMILES string of the molecule is COc1ccc(CCC(=O)NCCCc2ccccc2OC)cc1C. The first-order valence-electron chi connectivity index (χ1n) is 8.66. The molecular formula is C21H27NO3. The molecule has 25 heavy (non-hydrogen) atoms. The second-order valence-electron chi connectivity index (χ2n) is 6.07. The van der Waals surface area contributed by atoms with Gasteiger partial charge in [-0.2, -0.15) is 0 Å². The van der Waals surface area contributed by atoms with Crippen molar-refractivity contribution in [2.75, 3.05) is 20.8 Å². The summed E-state index contributed by atoms with van der Waals surface area (Å²) in [5.41, 5.74) is 3.42. The molecule has 0 aliphatic rings. The van der Waals surface area contributed by atoms with E-state index in [1.807, 2.05) is 37.3 Å². The number of carbonyl (C=O) groups is 1. The van der Waals surface area contributed by atoms with Crippen molar-refractivity contribution in [3.8, 4) is 11.5 Å². The van der Waals surface area contributed by atoms with Crippen molar-refractivity contribution in [2.45, 2.75) is 32.6 Å². The number of para-hydroxylation sites is 1. The zero-order valence-corrected chi connectivity index (χ0v) is 15.3. The number of hydrogen-bond donors (Lipinski definition) is 1. The molecule has 4 heteroatoms. The second-order valence-corrected chi connectivity index (χ2v) is 6.07. The van der Waals surface area contributed by atoms with Gasteiger partial charge in [-0.25, -0.2) is 0 Å². The number of amides is 1. The lowest BCUT2D eigenvalue weighted by atomic mass is 10.1. The zero-order chi connectivity index (χ0) is 18.1. The van der Waals surface area contributed by atoms with Crippen LogP contribution in [0.15, 0.2) is 42.5 Å². The maximum Gasteiger partial charge on any atom is 0.220 e. The van der Waals surface area contributed by atoms with E-state index in [2.05, 4.69) is 17.4 Å². The Morgan fingerprint density at radius 2 is 1.76 bits per heavy atom. The Bertz CT molecular complexity index is 697. The fourth-order valence-electron chi connectivity index (χ4n) is 2.86. The van der Waals surface area contributed by atoms with Crippen LogP contribution < -0.4 is 14.8 Å². The van der Waals surface area contributed by atoms with Gasteiger partial charge in [0.05, 0.1) is 14.2 Å². The van der Waals surface area contributed by atoms with Gasteiger partial charge in [0.1, 0.15) is 11.5 Å². The first-order chi connectivity index (χ1) is 12.1. The van der Waals surface area contributed by atoms with Crippen LogP contribution in [0.1, 0.15) is 29.5 Å². The summed E-state index contributed by atoms with van der Waals surface area (Å²) in [7, 11) is 3.35. The normalized spacial score (nSPS) is 10.4. The molecular weight excluding hydrogens is 314 g/mol. The monoisotopic (exact) mass is 341 g/mol. The number of ether oxygens (including phenoxy) is 2. The van der Waals surface area contributed by atoms with Gasteiger partial charge in [0, 0.05) is 13.0 Å². The van der Waals surface area contributed by atoms with Crippen molar-refractivity contribution in [3.05, 3.63) is 59.2 Å². The lowest BCUT2D eigenvalue weighted by Crippen LogP contribution is -2.25. The summed E-state index contributed by atoms with van der Waals surface area (Å²) in [6.45, 7) is 2.69. The van der Waals surface area contributed by atoms with Crippen LogP contribution in [-0.4, -0.2) is 26.7 Å². The van der Waals surface area contributed by atoms with Crippen LogP contribution in [0.25, 0.3) is 0 Å². The molecule has 0 bridgehead atoms. The minimum Gasteiger partial charge on any atom is -0.496 e. The van der Waals surface area contributed by atoms with Gasteiger partial charge in [-0.05, 0) is 55.0 Å². The van der Waals surface area contributed by atoms with Crippen LogP contribution in [0, 0.1) is 6.92 Å². The molecule has 0 saturated carbocycles. The number of aryl methyl sites for hydroxylation is 3. The van der Waals surface area contributed by atoms with Crippen LogP contribution >= 0.6 is 0 Å². The molecule has 0 aliphatic heterocycles. The molecule has 0 aliphatic carbocycles. The summed E-state index contributed by atoms with van der Waals surface area (Å²) in [4.78, 5) is 12.0. The van der Waals surface area contributed by atoms with Crippen molar-refractivity contribution in [3.63, 3.8) is 0 Å². The highest BCUT2D eigenvalue weighted by Crippen LogP contribution is 2.20. The molecule has 4 nitrogen and oxygen atoms in total. The third kappa shape index (κ3) is 5.82. The summed E-state index contributed by atoms with van der Waals surface area (Å²) in [5, 5.41) is 2.99. The van der Waals surface area contributed by atoms with E-state index < -0.39 is 0 Å². The number of methoxy groups -OCH3 is 2. The Balaban J connectivity index is 1.69. The first kappa shape index (κ1) is 18.8. The molecule has 0 atom stereocenters. The van der Waals surface area contributed by atoms with Crippen molar-refractivity contribution in [1.82, 2.24) is 5.32 Å². The molecule has 134 valence electrons. The highest BCUT2D eigenvalue weighted by Gasteiger charge is 2.05. The van der Waals surface area contributed by atoms with Gasteiger partial charge in [-0.15, -0.1) is 0 Å². The maximum atomic E-state index is 12.0. The minimum atomic E-state index is 0.0912. The van der Waals surface area contributed by atoms with Gasteiger partial charge in [0.25, 0.3) is 0 Å². The van der Waals surface area contributed by atoms with E-state index in [-0.39, 0.29) is 5.91 Å². The lowest BCUT2D eigenvalue weighted by Gasteiger charge is -2.09. The number of nitrogens with one attached hydrogen (secondary N) is 1. The summed E-state index contributed by atoms with van der Waals surface area (Å²) in [5.74, 6) is 1.88. The Kier molecular flexibility index (Phi) is 7.33. The van der Waals surface area contributed by atoms with Gasteiger partial charge >= 0.3 is 0 Å². The Hall–Kier alpha value is -2.49. The van der Waals surface area contributed by atoms with Crippen LogP contribution in [0.5, 0.6) is 11.5 Å². The quantitative estimate of drug-likeness (QED) is 0.708. The first-order valence-corrected chi connectivity index (χ1v) is 8.66. The third-order valence-electron chi connectivity index (χ3n) is 4.24. The average Bonchev–Trinajstić information content (AvgIpc) is 2.64. The Labute approximate surface area is 150 Å². The molecule has 0 saturated heterocycles. The molecule has 1 N–H and O–H groups in total. The lowest BCUT2D eigenvalue weighted by molar-refractivity contribution is -0.121. The summed E-state index contributed by atoms with van der Waals surface area (Å²) in [6.07, 6.45) is 3.03. The second kappa shape index (κ2) is 9.72. The van der Waals surface area contributed by atoms with Crippen LogP contribution in [0.2, 0.25) is 0 Å². The predicted molar refractivity (Wildman–Crippen MR) is 100 cm³/mol. The average molecular weight is 341 g/mol. The molecule has 1 amide bonds. The van der Waals surface area contributed by atoms with E-state index in [4.69, 9.17) is 9.47 Å². The number of carbonyl (C=O) groups excluding carboxylic acids is 1. The van der Waals surface area contributed by atoms with Crippen molar-refractivity contribution in [2.24, 2.45) is 0 Å². The fourth-order valence-corrected chi connectivity index (χ4v) is 2.86. The molecule has 0 aromatic heterocycles. The largest absolute Gasteiger partial charge is 0.496 e. The van der Waals surface area contributed by atoms with Gasteiger partial charge in [0.2, 0.25) is 5.91 Å². The number of benzene rings is 2. The minimum absolute atomic E-state index is 0.0912. The molecule has 0 spiro atoms. The highest BCUT2D eigenvalue weighted by molar-refractivity contribution is 5.76. The van der Waals surface area contributed by atoms with Gasteiger partial charge in [-0.1, -0.05) is 30.3 Å². The van der Waals surface area contributed by atoms with Crippen LogP contribution in [0.4, 0.5) is 0 Å². The zero-order valence-electron chi connectivity index (χ0n) is 15.3. The van der Waals surface area contributed by atoms with Crippen LogP contribution in [-0.2, 0) is 17.6 Å². The van der Waals surface area contributed by atoms with E-state index in [0.717, 1.165) is 41.9 Å². The van der Waals surface area contributed by atoms with E-state index in [1.54, 1.807) is 14.2 Å². The molecule has 2 aromatic carbocycles. The topological polar surface area (TPSA) is 47.6 Å². The van der Waals surface area contributed by atoms with Crippen molar-refractivity contribution >= 4 is 5.91 Å². The maximum absolute atomic E-state index is 12.0. The van der Waals surface area contributed by atoms with Crippen LogP contribution in [0.3, 0.4) is 0 Å². The van der Waals surface area contributed by atoms with Gasteiger partial charge < -0.3 is 14.8 Å². The van der Waals surface area contributed by atoms with Gasteiger partial charge in [0.15, 0.2) is 0 Å². The Morgan fingerprint density at radius 3 is 2.48 bits per heavy atom. The predicted octanol–water partition coefficient (Wildman–Crippen LogP) is 3.69. The molecule has 2 aromatic rings. The highest BCUT2D eigenvalue weighted by atomic mass is 16.5. The Morgan fingerprint density at radius 1 is 1.00 bits per heavy atom. The standard InChI is InChI=1S/C21H27NO3/c1-16-15-17(10-12-19(16)24-2)11-13-21(23)22-14-6-8-18-7-4-5-9-20(18)25-3/h4-5,7,9-10,12,15H,6,8,11,13-14H2,1-3H3,(H,22,23). The molecule has 2 rings (SSSR count). The number of rotatable bonds is 9. The smallest absolute Gasteiger partial charge is 0.220 e. The third-order valence-corrected chi connectivity index (χ3v) is 4.24. The fraction of sp³-hybridized carbons (Fsp3) is 0.381. The van der Waals surface area contributed by atoms with Crippen molar-refractivity contribution in [1.29, 1.82) is 0 Å². The number of hydrogen-bond acceptors (Lipinski definition) is 3. The molecule has 0 radical (unpaired) electrons. The van der Waals surface area contributed by atoms with E-state index in [1.165, 1.54) is 5.56 Å². The van der Waals surface area contributed by atoms with Crippen molar-refractivity contribution < 1.29 is 14.3 Å². The van der Waals surface area contributed by atoms with Gasteiger partial charge in [-0.3, -0.25) is 4.79 Å².